The summed E-state index contributed by atoms with van der Waals surface area (Å²) >= 11 is 3.77. The van der Waals surface area contributed by atoms with E-state index >= 15 is 0 Å². The smallest absolute Gasteiger partial charge is 0.0766 e. The van der Waals surface area contributed by atoms with Gasteiger partial charge in [0, 0.05) is 26.3 Å². The van der Waals surface area contributed by atoms with Crippen LogP contribution < -0.4 is 5.32 Å². The average molecular weight is 344 g/mol. The predicted octanol–water partition coefficient (Wildman–Crippen LogP) is 2.79. The third-order valence-electron chi connectivity index (χ3n) is 4.34. The quantitative estimate of drug-likeness (QED) is 0.863. The number of rotatable bonds is 6. The summed E-state index contributed by atoms with van der Waals surface area (Å²) in [5.41, 5.74) is 2.82. The molecule has 0 unspecified atom stereocenters. The van der Waals surface area contributed by atoms with Crippen LogP contribution in [-0.2, 0) is 24.1 Å². The molecular formula is C15H26BrN3O. The first-order valence-corrected chi connectivity index (χ1v) is 8.41. The molecule has 0 spiro atoms. The zero-order chi connectivity index (χ0) is 14.6. The lowest BCUT2D eigenvalue weighted by atomic mass is 9.76. The average Bonchev–Trinajstić information content (AvgIpc) is 2.76. The van der Waals surface area contributed by atoms with Crippen molar-refractivity contribution in [3.8, 4) is 0 Å². The van der Waals surface area contributed by atoms with E-state index in [1.807, 2.05) is 7.05 Å². The molecule has 4 nitrogen and oxygen atoms in total. The third-order valence-corrected chi connectivity index (χ3v) is 5.26. The van der Waals surface area contributed by atoms with Crippen molar-refractivity contribution in [1.82, 2.24) is 15.1 Å². The number of aryl methyl sites for hydroxylation is 2. The van der Waals surface area contributed by atoms with Crippen LogP contribution in [0.25, 0.3) is 0 Å². The molecule has 0 bridgehead atoms. The van der Waals surface area contributed by atoms with Crippen LogP contribution in [0, 0.1) is 5.41 Å². The molecule has 114 valence electrons. The van der Waals surface area contributed by atoms with Crippen LogP contribution in [0.4, 0.5) is 0 Å². The molecule has 0 radical (unpaired) electrons. The molecule has 0 aromatic carbocycles. The van der Waals surface area contributed by atoms with Gasteiger partial charge in [-0.3, -0.25) is 4.68 Å². The molecule has 0 saturated carbocycles. The Kier molecular flexibility index (Phi) is 5.64. The first-order valence-electron chi connectivity index (χ1n) is 7.62. The fourth-order valence-electron chi connectivity index (χ4n) is 3.14. The van der Waals surface area contributed by atoms with Gasteiger partial charge in [0.05, 0.1) is 15.9 Å². The molecule has 1 aliphatic heterocycles. The van der Waals surface area contributed by atoms with Gasteiger partial charge in [-0.15, -0.1) is 0 Å². The van der Waals surface area contributed by atoms with Crippen molar-refractivity contribution < 1.29 is 4.74 Å². The highest BCUT2D eigenvalue weighted by Gasteiger charge is 2.34. The Morgan fingerprint density at radius 1 is 1.35 bits per heavy atom. The first kappa shape index (κ1) is 16.0. The molecule has 2 rings (SSSR count). The molecule has 2 heterocycles. The lowest BCUT2D eigenvalue weighted by Crippen LogP contribution is -2.40. The monoisotopic (exact) mass is 343 g/mol. The maximum atomic E-state index is 5.56. The summed E-state index contributed by atoms with van der Waals surface area (Å²) in [6.07, 6.45) is 4.29. The molecule has 5 heteroatoms. The van der Waals surface area contributed by atoms with Gasteiger partial charge in [-0.05, 0) is 61.0 Å². The van der Waals surface area contributed by atoms with Crippen LogP contribution in [0.5, 0.6) is 0 Å². The topological polar surface area (TPSA) is 39.1 Å². The summed E-state index contributed by atoms with van der Waals surface area (Å²) in [6, 6.07) is 0. The van der Waals surface area contributed by atoms with Gasteiger partial charge >= 0.3 is 0 Å². The first-order chi connectivity index (χ1) is 9.65. The zero-order valence-corrected chi connectivity index (χ0v) is 14.4. The van der Waals surface area contributed by atoms with Gasteiger partial charge in [0.15, 0.2) is 0 Å². The van der Waals surface area contributed by atoms with Crippen molar-refractivity contribution in [3.63, 3.8) is 0 Å². The molecule has 0 atom stereocenters. The van der Waals surface area contributed by atoms with Gasteiger partial charge in [0.2, 0.25) is 0 Å². The molecule has 1 aromatic rings. The second-order valence-electron chi connectivity index (χ2n) is 5.70. The number of aromatic nitrogens is 2. The zero-order valence-electron chi connectivity index (χ0n) is 12.8. The van der Waals surface area contributed by atoms with E-state index in [0.29, 0.717) is 5.41 Å². The number of halogens is 1. The van der Waals surface area contributed by atoms with E-state index in [1.165, 1.54) is 15.9 Å². The fourth-order valence-corrected chi connectivity index (χ4v) is 3.84. The highest BCUT2D eigenvalue weighted by molar-refractivity contribution is 9.10. The van der Waals surface area contributed by atoms with Gasteiger partial charge in [0.25, 0.3) is 0 Å². The van der Waals surface area contributed by atoms with E-state index in [-0.39, 0.29) is 0 Å². The van der Waals surface area contributed by atoms with E-state index in [9.17, 15) is 0 Å². The Bertz CT molecular complexity index is 433. The van der Waals surface area contributed by atoms with Crippen LogP contribution in [-0.4, -0.2) is 36.6 Å². The van der Waals surface area contributed by atoms with Crippen LogP contribution >= 0.6 is 15.9 Å². The van der Waals surface area contributed by atoms with Crippen LogP contribution in [0.1, 0.15) is 38.1 Å². The molecule has 1 fully saturated rings. The minimum atomic E-state index is 0.299. The number of nitrogens with one attached hydrogen (secondary N) is 1. The molecule has 1 saturated heterocycles. The molecule has 1 N–H and O–H groups in total. The summed E-state index contributed by atoms with van der Waals surface area (Å²) in [7, 11) is 2.04. The Morgan fingerprint density at radius 3 is 2.60 bits per heavy atom. The van der Waals surface area contributed by atoms with E-state index in [0.717, 1.165) is 52.0 Å². The minimum Gasteiger partial charge on any atom is -0.381 e. The second-order valence-corrected chi connectivity index (χ2v) is 6.49. The summed E-state index contributed by atoms with van der Waals surface area (Å²) in [5.74, 6) is 0. The molecule has 20 heavy (non-hydrogen) atoms. The normalized spacial score (nSPS) is 18.4. The van der Waals surface area contributed by atoms with Gasteiger partial charge < -0.3 is 10.1 Å². The molecular weight excluding hydrogens is 318 g/mol. The van der Waals surface area contributed by atoms with Gasteiger partial charge in [0.1, 0.15) is 0 Å². The van der Waals surface area contributed by atoms with Crippen molar-refractivity contribution in [2.24, 2.45) is 5.41 Å². The second kappa shape index (κ2) is 7.05. The largest absolute Gasteiger partial charge is 0.381 e. The summed E-state index contributed by atoms with van der Waals surface area (Å²) < 4.78 is 8.93. The van der Waals surface area contributed by atoms with E-state index in [1.54, 1.807) is 0 Å². The molecule has 0 aliphatic carbocycles. The maximum Gasteiger partial charge on any atom is 0.0766 e. The standard InChI is InChI=1S/C15H26BrN3O/c1-4-12-14(16)13(19(5-2)18-12)10-15(11-17-3)6-8-20-9-7-15/h17H,4-11H2,1-3H3. The fraction of sp³-hybridized carbons (Fsp3) is 0.800. The lowest BCUT2D eigenvalue weighted by Gasteiger charge is -2.37. The Balaban J connectivity index is 2.28. The molecule has 1 aromatic heterocycles. The van der Waals surface area contributed by atoms with Crippen molar-refractivity contribution >= 4 is 15.9 Å². The van der Waals surface area contributed by atoms with Gasteiger partial charge in [-0.25, -0.2) is 0 Å². The molecule has 0 amide bonds. The SMILES string of the molecule is CCc1nn(CC)c(CC2(CNC)CCOCC2)c1Br. The van der Waals surface area contributed by atoms with Gasteiger partial charge in [-0.2, -0.15) is 5.10 Å². The lowest BCUT2D eigenvalue weighted by molar-refractivity contribution is 0.0148. The Hall–Kier alpha value is -0.390. The van der Waals surface area contributed by atoms with Crippen molar-refractivity contribution in [2.45, 2.75) is 46.1 Å². The van der Waals surface area contributed by atoms with Crippen molar-refractivity contribution in [3.05, 3.63) is 15.9 Å². The van der Waals surface area contributed by atoms with Crippen molar-refractivity contribution in [2.75, 3.05) is 26.8 Å². The Morgan fingerprint density at radius 2 is 2.05 bits per heavy atom. The summed E-state index contributed by atoms with van der Waals surface area (Å²) in [4.78, 5) is 0. The van der Waals surface area contributed by atoms with Gasteiger partial charge in [-0.1, -0.05) is 6.92 Å². The van der Waals surface area contributed by atoms with E-state index in [2.05, 4.69) is 39.8 Å². The predicted molar refractivity (Wildman–Crippen MR) is 85.1 cm³/mol. The van der Waals surface area contributed by atoms with Crippen LogP contribution in [0.15, 0.2) is 4.47 Å². The highest BCUT2D eigenvalue weighted by Crippen LogP contribution is 2.36. The maximum absolute atomic E-state index is 5.56. The van der Waals surface area contributed by atoms with Crippen LogP contribution in [0.2, 0.25) is 0 Å². The number of ether oxygens (including phenoxy) is 1. The number of nitrogens with zero attached hydrogens (tertiary/aromatic N) is 2. The Labute approximate surface area is 130 Å². The molecule has 1 aliphatic rings. The highest BCUT2D eigenvalue weighted by atomic mass is 79.9. The van der Waals surface area contributed by atoms with Crippen LogP contribution in [0.3, 0.4) is 0 Å². The van der Waals surface area contributed by atoms with Crippen molar-refractivity contribution in [1.29, 1.82) is 0 Å². The third kappa shape index (κ3) is 3.26. The minimum absolute atomic E-state index is 0.299. The number of hydrogen-bond acceptors (Lipinski definition) is 3. The number of hydrogen-bond donors (Lipinski definition) is 1. The summed E-state index contributed by atoms with van der Waals surface area (Å²) in [5, 5.41) is 8.10. The summed E-state index contributed by atoms with van der Waals surface area (Å²) in [6.45, 7) is 8.05. The van der Waals surface area contributed by atoms with E-state index in [4.69, 9.17) is 9.84 Å². The van der Waals surface area contributed by atoms with E-state index < -0.39 is 0 Å².